The number of anilines is 1. The molecule has 3 aromatic rings. The zero-order chi connectivity index (χ0) is 20.1. The molecular weight excluding hydrogens is 415 g/mol. The fourth-order valence-electron chi connectivity index (χ4n) is 2.49. The van der Waals surface area contributed by atoms with E-state index in [0.29, 0.717) is 37.8 Å². The van der Waals surface area contributed by atoms with E-state index in [1.807, 2.05) is 0 Å². The van der Waals surface area contributed by atoms with Crippen LogP contribution in [0.25, 0.3) is 5.65 Å². The molecule has 0 fully saturated rings. The average Bonchev–Trinajstić information content (AvgIpc) is 2.93. The van der Waals surface area contributed by atoms with Crippen LogP contribution in [0.3, 0.4) is 0 Å². The Hall–Kier alpha value is -2.35. The van der Waals surface area contributed by atoms with Gasteiger partial charge in [0.15, 0.2) is 11.4 Å². The molecule has 0 spiro atoms. The van der Waals surface area contributed by atoms with Gasteiger partial charge in [0.2, 0.25) is 0 Å². The molecule has 0 aliphatic rings. The first-order valence-corrected chi connectivity index (χ1v) is 8.73. The first-order valence-electron chi connectivity index (χ1n) is 7.59. The van der Waals surface area contributed by atoms with Gasteiger partial charge in [-0.3, -0.25) is 19.0 Å². The summed E-state index contributed by atoms with van der Waals surface area (Å²) in [5, 5.41) is 11.0. The summed E-state index contributed by atoms with van der Waals surface area (Å²) >= 11 is 18.6. The number of aryl methyl sites for hydroxylation is 1. The van der Waals surface area contributed by atoms with Gasteiger partial charge in [0.05, 0.1) is 27.1 Å². The Bertz CT molecular complexity index is 984. The van der Waals surface area contributed by atoms with E-state index in [4.69, 9.17) is 44.7 Å². The third-order valence-electron chi connectivity index (χ3n) is 3.71. The van der Waals surface area contributed by atoms with Crippen molar-refractivity contribution in [3.8, 4) is 0 Å². The smallest absolute Gasteiger partial charge is 0.290 e. The number of hydrogen-bond donors (Lipinski definition) is 2. The minimum atomic E-state index is -0.250. The lowest BCUT2D eigenvalue weighted by Gasteiger charge is -2.10. The lowest BCUT2D eigenvalue weighted by atomic mass is 10.1. The van der Waals surface area contributed by atoms with E-state index in [1.165, 1.54) is 12.4 Å². The second kappa shape index (κ2) is 9.03. The van der Waals surface area contributed by atoms with Crippen LogP contribution >= 0.6 is 34.8 Å². The molecule has 0 saturated carbocycles. The van der Waals surface area contributed by atoms with Crippen LogP contribution in [0.5, 0.6) is 0 Å². The molecule has 0 unspecified atom stereocenters. The molecule has 0 bridgehead atoms. The maximum Gasteiger partial charge on any atom is 0.290 e. The van der Waals surface area contributed by atoms with E-state index in [2.05, 4.69) is 15.3 Å². The van der Waals surface area contributed by atoms with Crippen LogP contribution in [0.1, 0.15) is 21.7 Å². The number of carbonyl (C=O) groups excluding carboxylic acids is 1. The quantitative estimate of drug-likeness (QED) is 0.477. The number of carboxylic acid groups (broad SMARTS) is 1. The van der Waals surface area contributed by atoms with Crippen molar-refractivity contribution in [1.82, 2.24) is 14.4 Å². The normalized spacial score (nSPS) is 10.3. The highest BCUT2D eigenvalue weighted by Crippen LogP contribution is 2.28. The van der Waals surface area contributed by atoms with Crippen LogP contribution in [-0.2, 0) is 11.2 Å². The number of nitrogens with one attached hydrogen (secondary N) is 1. The Morgan fingerprint density at radius 2 is 1.85 bits per heavy atom. The number of ketones is 1. The van der Waals surface area contributed by atoms with Gasteiger partial charge in [0, 0.05) is 31.4 Å². The molecule has 0 amide bonds. The number of nitrogens with zero attached hydrogens (tertiary/aromatic N) is 3. The Morgan fingerprint density at radius 3 is 2.41 bits per heavy atom. The van der Waals surface area contributed by atoms with Gasteiger partial charge in [-0.1, -0.05) is 34.8 Å². The predicted molar refractivity (Wildman–Crippen MR) is 105 cm³/mol. The number of Topliss-reactive ketones (excluding diaryl/α,β-unsaturated/α-hetero) is 1. The molecule has 142 valence electrons. The van der Waals surface area contributed by atoms with Crippen LogP contribution in [0, 0.1) is 6.92 Å². The largest absolute Gasteiger partial charge is 0.483 e. The summed E-state index contributed by atoms with van der Waals surface area (Å²) < 4.78 is 1.63. The van der Waals surface area contributed by atoms with E-state index in [1.54, 1.807) is 30.5 Å². The lowest BCUT2D eigenvalue weighted by Crippen LogP contribution is -2.11. The van der Waals surface area contributed by atoms with Gasteiger partial charge >= 0.3 is 0 Å². The molecule has 0 radical (unpaired) electrons. The molecule has 0 atom stereocenters. The third-order valence-corrected chi connectivity index (χ3v) is 4.81. The van der Waals surface area contributed by atoms with Crippen molar-refractivity contribution in [3.63, 3.8) is 0 Å². The molecule has 10 heteroatoms. The van der Waals surface area contributed by atoms with Crippen LogP contribution in [0.4, 0.5) is 5.69 Å². The molecule has 3 aromatic heterocycles. The molecular formula is C17H15Cl3N4O3. The van der Waals surface area contributed by atoms with Crippen molar-refractivity contribution < 1.29 is 14.7 Å². The van der Waals surface area contributed by atoms with E-state index < -0.39 is 0 Å². The van der Waals surface area contributed by atoms with Gasteiger partial charge in [-0.25, -0.2) is 4.98 Å². The van der Waals surface area contributed by atoms with Crippen LogP contribution in [0.2, 0.25) is 15.2 Å². The number of pyridine rings is 2. The lowest BCUT2D eigenvalue weighted by molar-refractivity contribution is -0.122. The molecule has 0 aliphatic heterocycles. The van der Waals surface area contributed by atoms with E-state index in [0.717, 1.165) is 5.69 Å². The zero-order valence-electron chi connectivity index (χ0n) is 14.3. The molecule has 3 heterocycles. The van der Waals surface area contributed by atoms with Crippen molar-refractivity contribution in [2.24, 2.45) is 0 Å². The number of rotatable bonds is 4. The predicted octanol–water partition coefficient (Wildman–Crippen LogP) is 4.17. The van der Waals surface area contributed by atoms with Crippen LogP contribution in [0.15, 0.2) is 24.5 Å². The Kier molecular flexibility index (Phi) is 7.01. The Balaban J connectivity index is 0.000000817. The summed E-state index contributed by atoms with van der Waals surface area (Å²) in [5.74, 6) is -0.169. The maximum absolute atomic E-state index is 12.8. The monoisotopic (exact) mass is 428 g/mol. The number of carbonyl (C=O) groups is 2. The van der Waals surface area contributed by atoms with Gasteiger partial charge in [-0.15, -0.1) is 0 Å². The fourth-order valence-corrected chi connectivity index (χ4v) is 3.20. The van der Waals surface area contributed by atoms with Crippen molar-refractivity contribution in [2.45, 2.75) is 13.3 Å². The zero-order valence-corrected chi connectivity index (χ0v) is 16.6. The highest BCUT2D eigenvalue weighted by molar-refractivity contribution is 6.36. The molecule has 3 rings (SSSR count). The molecule has 7 nitrogen and oxygen atoms in total. The van der Waals surface area contributed by atoms with Crippen molar-refractivity contribution >= 4 is 58.4 Å². The standard InChI is InChI=1S/C16H13Cl3N4O.CH2O2/c1-8-15(19)23-13(4-3-12(20-2)16(23)22-8)14(24)5-9-10(17)6-21-7-11(9)18;2-1-3/h3-4,6-7,20H,5H2,1-2H3;1H,(H,2,3). The summed E-state index contributed by atoms with van der Waals surface area (Å²) in [7, 11) is 1.78. The van der Waals surface area contributed by atoms with Gasteiger partial charge < -0.3 is 10.4 Å². The van der Waals surface area contributed by atoms with Gasteiger partial charge in [-0.05, 0) is 19.1 Å². The van der Waals surface area contributed by atoms with Crippen LogP contribution in [-0.4, -0.2) is 38.8 Å². The Morgan fingerprint density at radius 1 is 1.26 bits per heavy atom. The van der Waals surface area contributed by atoms with E-state index in [9.17, 15) is 4.79 Å². The molecule has 0 saturated heterocycles. The summed E-state index contributed by atoms with van der Waals surface area (Å²) in [6.07, 6.45) is 2.97. The van der Waals surface area contributed by atoms with Crippen molar-refractivity contribution in [1.29, 1.82) is 0 Å². The van der Waals surface area contributed by atoms with Crippen molar-refractivity contribution in [2.75, 3.05) is 12.4 Å². The maximum atomic E-state index is 12.8. The van der Waals surface area contributed by atoms with Gasteiger partial charge in [0.1, 0.15) is 5.15 Å². The van der Waals surface area contributed by atoms with Crippen molar-refractivity contribution in [3.05, 3.63) is 56.7 Å². The molecule has 27 heavy (non-hydrogen) atoms. The van der Waals surface area contributed by atoms with E-state index in [-0.39, 0.29) is 18.7 Å². The van der Waals surface area contributed by atoms with Gasteiger partial charge in [-0.2, -0.15) is 0 Å². The third kappa shape index (κ3) is 4.32. The number of hydrogen-bond acceptors (Lipinski definition) is 5. The first kappa shape index (κ1) is 21.0. The highest BCUT2D eigenvalue weighted by atomic mass is 35.5. The SMILES string of the molecule is CNc1ccc(C(=O)Cc2c(Cl)cncc2Cl)n2c(Cl)c(C)nc12.O=CO. The number of halogens is 3. The van der Waals surface area contributed by atoms with Gasteiger partial charge in [0.25, 0.3) is 6.47 Å². The number of aromatic nitrogens is 3. The highest BCUT2D eigenvalue weighted by Gasteiger charge is 2.20. The average molecular weight is 430 g/mol. The first-order chi connectivity index (χ1) is 12.8. The topological polar surface area (TPSA) is 96.6 Å². The minimum Gasteiger partial charge on any atom is -0.483 e. The summed E-state index contributed by atoms with van der Waals surface area (Å²) in [6.45, 7) is 1.54. The molecule has 0 aliphatic carbocycles. The minimum absolute atomic E-state index is 0.0434. The Labute approximate surface area is 169 Å². The fraction of sp³-hybridized carbons (Fsp3) is 0.176. The second-order valence-corrected chi connectivity index (χ2v) is 6.49. The van der Waals surface area contributed by atoms with Crippen LogP contribution < -0.4 is 5.32 Å². The summed E-state index contributed by atoms with van der Waals surface area (Å²) in [5.41, 5.74) is 2.98. The molecule has 0 aromatic carbocycles. The number of fused-ring (bicyclic) bond motifs is 1. The van der Waals surface area contributed by atoms with E-state index >= 15 is 0 Å². The second-order valence-electron chi connectivity index (χ2n) is 5.32. The summed E-state index contributed by atoms with van der Waals surface area (Å²) in [6, 6.07) is 3.50. The molecule has 2 N–H and O–H groups in total. The summed E-state index contributed by atoms with van der Waals surface area (Å²) in [4.78, 5) is 29.5. The number of imidazole rings is 1.